The van der Waals surface area contributed by atoms with Crippen LogP contribution in [0.5, 0.6) is 0 Å². The van der Waals surface area contributed by atoms with Crippen molar-refractivity contribution in [3.63, 3.8) is 0 Å². The van der Waals surface area contributed by atoms with Crippen molar-refractivity contribution in [3.05, 3.63) is 71.4 Å². The summed E-state index contributed by atoms with van der Waals surface area (Å²) < 4.78 is 2.19. The molecule has 1 heterocycles. The van der Waals surface area contributed by atoms with Crippen molar-refractivity contribution in [2.75, 3.05) is 0 Å². The van der Waals surface area contributed by atoms with Crippen LogP contribution in [0.1, 0.15) is 16.7 Å². The Kier molecular flexibility index (Phi) is 3.73. The minimum absolute atomic E-state index is 0.0779. The summed E-state index contributed by atoms with van der Waals surface area (Å²) in [4.78, 5) is 0.421. The van der Waals surface area contributed by atoms with Gasteiger partial charge >= 0.3 is 0 Å². The van der Waals surface area contributed by atoms with E-state index in [1.165, 1.54) is 5.56 Å². The van der Waals surface area contributed by atoms with Crippen LogP contribution in [0.25, 0.3) is 10.9 Å². The van der Waals surface area contributed by atoms with Gasteiger partial charge < -0.3 is 15.4 Å². The van der Waals surface area contributed by atoms with Gasteiger partial charge in [-0.3, -0.25) is 0 Å². The molecule has 3 nitrogen and oxygen atoms in total. The van der Waals surface area contributed by atoms with Gasteiger partial charge in [0.25, 0.3) is 0 Å². The van der Waals surface area contributed by atoms with E-state index in [0.717, 1.165) is 28.6 Å². The Balaban J connectivity index is 1.91. The number of hydrogen-bond acceptors (Lipinski definition) is 2. The summed E-state index contributed by atoms with van der Waals surface area (Å²) in [5, 5.41) is 10.2. The van der Waals surface area contributed by atoms with Gasteiger partial charge in [-0.2, -0.15) is 0 Å². The maximum Gasteiger partial charge on any atom is 0.104 e. The summed E-state index contributed by atoms with van der Waals surface area (Å²) in [6.45, 7) is 0.871. The fraction of sp³-hybridized carbons (Fsp3) is 0.118. The molecule has 0 amide bonds. The highest BCUT2D eigenvalue weighted by atomic mass is 32.1. The molecule has 3 aromatic rings. The summed E-state index contributed by atoms with van der Waals surface area (Å²) >= 11 is 5.01. The van der Waals surface area contributed by atoms with Crippen LogP contribution in [0.2, 0.25) is 0 Å². The number of hydrogen-bond donors (Lipinski definition) is 2. The van der Waals surface area contributed by atoms with E-state index in [4.69, 9.17) is 23.1 Å². The van der Waals surface area contributed by atoms with E-state index in [0.29, 0.717) is 4.99 Å². The van der Waals surface area contributed by atoms with E-state index in [-0.39, 0.29) is 6.61 Å². The minimum Gasteiger partial charge on any atom is -0.392 e. The van der Waals surface area contributed by atoms with Crippen molar-refractivity contribution in [1.82, 2.24) is 4.57 Å². The number of rotatable bonds is 4. The van der Waals surface area contributed by atoms with Crippen LogP contribution < -0.4 is 5.73 Å². The van der Waals surface area contributed by atoms with Crippen molar-refractivity contribution in [1.29, 1.82) is 0 Å². The molecule has 1 aromatic heterocycles. The fourth-order valence-corrected chi connectivity index (χ4v) is 2.57. The third-order valence-corrected chi connectivity index (χ3v) is 3.85. The molecule has 0 saturated carbocycles. The molecule has 0 bridgehead atoms. The molecule has 106 valence electrons. The molecule has 2 aromatic carbocycles. The Bertz CT molecular complexity index is 790. The van der Waals surface area contributed by atoms with Crippen LogP contribution in [0.15, 0.2) is 54.7 Å². The van der Waals surface area contributed by atoms with Gasteiger partial charge in [0.1, 0.15) is 4.99 Å². The van der Waals surface area contributed by atoms with Gasteiger partial charge in [-0.05, 0) is 35.4 Å². The van der Waals surface area contributed by atoms with Crippen LogP contribution >= 0.6 is 12.2 Å². The third-order valence-electron chi connectivity index (χ3n) is 3.61. The molecule has 0 saturated heterocycles. The molecule has 0 spiro atoms. The lowest BCUT2D eigenvalue weighted by Gasteiger charge is -2.07. The second-order valence-electron chi connectivity index (χ2n) is 5.06. The maximum atomic E-state index is 9.07. The van der Waals surface area contributed by atoms with Gasteiger partial charge in [0.15, 0.2) is 0 Å². The number of aliphatic hydroxyl groups is 1. The molecule has 0 aliphatic heterocycles. The van der Waals surface area contributed by atoms with Crippen molar-refractivity contribution in [2.24, 2.45) is 5.73 Å². The lowest BCUT2D eigenvalue weighted by molar-refractivity contribution is 0.282. The quantitative estimate of drug-likeness (QED) is 0.728. The van der Waals surface area contributed by atoms with E-state index in [1.807, 2.05) is 42.5 Å². The second-order valence-corrected chi connectivity index (χ2v) is 5.50. The number of thiocarbonyl (C=S) groups is 1. The van der Waals surface area contributed by atoms with E-state index < -0.39 is 0 Å². The number of aliphatic hydroxyl groups excluding tert-OH is 1. The average Bonchev–Trinajstić information content (AvgIpc) is 2.90. The van der Waals surface area contributed by atoms with Crippen LogP contribution in [-0.4, -0.2) is 14.7 Å². The van der Waals surface area contributed by atoms with E-state index in [1.54, 1.807) is 0 Å². The van der Waals surface area contributed by atoms with Crippen LogP contribution in [0, 0.1) is 0 Å². The van der Waals surface area contributed by atoms with Gasteiger partial charge in [0, 0.05) is 29.2 Å². The number of fused-ring (bicyclic) bond motifs is 1. The van der Waals surface area contributed by atoms with Crippen LogP contribution in [0.3, 0.4) is 0 Å². The SMILES string of the molecule is NC(=S)c1ccc2c(ccn2Cc2ccc(CO)cc2)c1. The predicted molar refractivity (Wildman–Crippen MR) is 89.3 cm³/mol. The maximum absolute atomic E-state index is 9.07. The van der Waals surface area contributed by atoms with Gasteiger partial charge in [0.05, 0.1) is 6.61 Å². The predicted octanol–water partition coefficient (Wildman–Crippen LogP) is 2.82. The molecular weight excluding hydrogens is 280 g/mol. The largest absolute Gasteiger partial charge is 0.392 e. The van der Waals surface area contributed by atoms with Crippen LogP contribution in [-0.2, 0) is 13.2 Å². The second kappa shape index (κ2) is 5.68. The zero-order chi connectivity index (χ0) is 14.8. The van der Waals surface area contributed by atoms with Crippen molar-refractivity contribution >= 4 is 28.1 Å². The third kappa shape index (κ3) is 2.82. The van der Waals surface area contributed by atoms with Crippen molar-refractivity contribution in [3.8, 4) is 0 Å². The number of aromatic nitrogens is 1. The summed E-state index contributed by atoms with van der Waals surface area (Å²) in [7, 11) is 0. The molecule has 3 rings (SSSR count). The fourth-order valence-electron chi connectivity index (χ4n) is 2.44. The molecule has 0 aliphatic rings. The zero-order valence-electron chi connectivity index (χ0n) is 11.5. The summed E-state index contributed by atoms with van der Waals surface area (Å²) in [6.07, 6.45) is 2.06. The van der Waals surface area contributed by atoms with Crippen LogP contribution in [0.4, 0.5) is 0 Å². The van der Waals surface area contributed by atoms with Crippen molar-refractivity contribution in [2.45, 2.75) is 13.2 Å². The van der Waals surface area contributed by atoms with Gasteiger partial charge in [0.2, 0.25) is 0 Å². The normalized spacial score (nSPS) is 10.9. The molecule has 4 heteroatoms. The number of nitrogens with zero attached hydrogens (tertiary/aromatic N) is 1. The Hall–Kier alpha value is -2.17. The number of benzene rings is 2. The topological polar surface area (TPSA) is 51.2 Å². The molecule has 0 unspecified atom stereocenters. The first-order chi connectivity index (χ1) is 10.2. The summed E-state index contributed by atoms with van der Waals surface area (Å²) in [6, 6.07) is 16.1. The Labute approximate surface area is 128 Å². The minimum atomic E-state index is 0.0779. The first kappa shape index (κ1) is 13.8. The summed E-state index contributed by atoms with van der Waals surface area (Å²) in [5.41, 5.74) is 9.84. The van der Waals surface area contributed by atoms with E-state index >= 15 is 0 Å². The average molecular weight is 296 g/mol. The van der Waals surface area contributed by atoms with E-state index in [2.05, 4.69) is 16.8 Å². The molecular formula is C17H16N2OS. The van der Waals surface area contributed by atoms with Crippen molar-refractivity contribution < 1.29 is 5.11 Å². The highest BCUT2D eigenvalue weighted by Gasteiger charge is 2.04. The Morgan fingerprint density at radius 2 is 1.76 bits per heavy atom. The molecule has 0 fully saturated rings. The summed E-state index contributed by atoms with van der Waals surface area (Å²) in [5.74, 6) is 0. The van der Waals surface area contributed by atoms with Gasteiger partial charge in [-0.15, -0.1) is 0 Å². The standard InChI is InChI=1S/C17H16N2OS/c18-17(21)15-5-6-16-14(9-15)7-8-19(16)10-12-1-3-13(11-20)4-2-12/h1-9,20H,10-11H2,(H2,18,21). The lowest BCUT2D eigenvalue weighted by atomic mass is 10.1. The molecule has 21 heavy (non-hydrogen) atoms. The molecule has 0 radical (unpaired) electrons. The Morgan fingerprint density at radius 1 is 1.05 bits per heavy atom. The molecule has 0 aliphatic carbocycles. The zero-order valence-corrected chi connectivity index (χ0v) is 12.3. The van der Waals surface area contributed by atoms with Gasteiger partial charge in [-0.25, -0.2) is 0 Å². The monoisotopic (exact) mass is 296 g/mol. The molecule has 3 N–H and O–H groups in total. The Morgan fingerprint density at radius 3 is 2.43 bits per heavy atom. The number of nitrogens with two attached hydrogens (primary N) is 1. The first-order valence-electron chi connectivity index (χ1n) is 6.75. The highest BCUT2D eigenvalue weighted by molar-refractivity contribution is 7.80. The van der Waals surface area contributed by atoms with E-state index in [9.17, 15) is 0 Å². The lowest BCUT2D eigenvalue weighted by Crippen LogP contribution is -2.08. The van der Waals surface area contributed by atoms with Gasteiger partial charge in [-0.1, -0.05) is 36.5 Å². The first-order valence-corrected chi connectivity index (χ1v) is 7.15. The highest BCUT2D eigenvalue weighted by Crippen LogP contribution is 2.19. The smallest absolute Gasteiger partial charge is 0.104 e. The molecule has 0 atom stereocenters.